The van der Waals surface area contributed by atoms with Crippen molar-refractivity contribution in [1.29, 1.82) is 0 Å². The van der Waals surface area contributed by atoms with Crippen LogP contribution >= 0.6 is 11.6 Å². The van der Waals surface area contributed by atoms with Gasteiger partial charge in [-0.05, 0) is 42.3 Å². The number of esters is 1. The summed E-state index contributed by atoms with van der Waals surface area (Å²) in [6.07, 6.45) is -0.0360. The summed E-state index contributed by atoms with van der Waals surface area (Å²) in [6, 6.07) is 15.7. The first-order chi connectivity index (χ1) is 15.3. The van der Waals surface area contributed by atoms with Crippen molar-refractivity contribution in [3.63, 3.8) is 0 Å². The predicted octanol–water partition coefficient (Wildman–Crippen LogP) is 5.23. The van der Waals surface area contributed by atoms with Gasteiger partial charge in [0, 0.05) is 16.1 Å². The van der Waals surface area contributed by atoms with E-state index < -0.39 is 12.1 Å². The topological polar surface area (TPSA) is 85.8 Å². The summed E-state index contributed by atoms with van der Waals surface area (Å²) in [7, 11) is 0. The molecule has 0 fully saturated rings. The van der Waals surface area contributed by atoms with Crippen LogP contribution in [0.4, 0.5) is 10.5 Å². The Hall–Kier alpha value is -3.71. The molecule has 162 valence electrons. The van der Waals surface area contributed by atoms with Crippen molar-refractivity contribution in [2.24, 2.45) is 5.92 Å². The summed E-state index contributed by atoms with van der Waals surface area (Å²) >= 11 is 5.99. The maximum Gasteiger partial charge on any atom is 0.516 e. The van der Waals surface area contributed by atoms with Crippen molar-refractivity contribution < 1.29 is 23.9 Å². The third-order valence-corrected chi connectivity index (χ3v) is 4.95. The number of anilines is 1. The van der Waals surface area contributed by atoms with Gasteiger partial charge in [-0.1, -0.05) is 43.6 Å². The van der Waals surface area contributed by atoms with Gasteiger partial charge in [0.2, 0.25) is 0 Å². The van der Waals surface area contributed by atoms with Crippen molar-refractivity contribution in [2.75, 3.05) is 11.5 Å². The van der Waals surface area contributed by atoms with Crippen LogP contribution in [0.5, 0.6) is 0 Å². The maximum atomic E-state index is 13.3. The molecule has 7 nitrogen and oxygen atoms in total. The number of hydrogen-bond acceptors (Lipinski definition) is 6. The Morgan fingerprint density at radius 2 is 1.84 bits per heavy atom. The lowest BCUT2D eigenvalue weighted by Gasteiger charge is -2.18. The second kappa shape index (κ2) is 8.80. The first kappa shape index (κ1) is 21.5. The van der Waals surface area contributed by atoms with E-state index >= 15 is 0 Å². The predicted molar refractivity (Wildman–Crippen MR) is 120 cm³/mol. The van der Waals surface area contributed by atoms with Crippen molar-refractivity contribution in [3.8, 4) is 0 Å². The van der Waals surface area contributed by atoms with Gasteiger partial charge in [-0.25, -0.2) is 14.6 Å². The number of halogens is 1. The fourth-order valence-corrected chi connectivity index (χ4v) is 3.40. The Kier molecular flexibility index (Phi) is 5.92. The zero-order valence-corrected chi connectivity index (χ0v) is 18.1. The highest BCUT2D eigenvalue weighted by Gasteiger charge is 2.36. The molecule has 3 aromatic rings. The monoisotopic (exact) mass is 450 g/mol. The van der Waals surface area contributed by atoms with Crippen LogP contribution in [0.2, 0.25) is 5.02 Å². The van der Waals surface area contributed by atoms with Gasteiger partial charge in [0.1, 0.15) is 5.69 Å². The summed E-state index contributed by atoms with van der Waals surface area (Å²) in [4.78, 5) is 43.5. The average molecular weight is 451 g/mol. The quantitative estimate of drug-likeness (QED) is 0.307. The SMILES string of the molecule is CC(C)COC(=O)OC(=O)/C=C1\c2nc3ccccc3cc2C(=O)N1c1ccc(Cl)cc1. The summed E-state index contributed by atoms with van der Waals surface area (Å²) in [5.74, 6) is -1.24. The largest absolute Gasteiger partial charge is 0.516 e. The fraction of sp³-hybridized carbons (Fsp3) is 0.167. The Bertz CT molecular complexity index is 1250. The number of carbonyl (C=O) groups is 3. The number of fused-ring (bicyclic) bond motifs is 2. The molecule has 2 heterocycles. The number of pyridine rings is 1. The molecular formula is C24H19ClN2O5. The highest BCUT2D eigenvalue weighted by Crippen LogP contribution is 2.37. The molecule has 0 spiro atoms. The van der Waals surface area contributed by atoms with E-state index in [0.717, 1.165) is 11.5 Å². The van der Waals surface area contributed by atoms with Crippen molar-refractivity contribution >= 4 is 51.9 Å². The normalized spacial score (nSPS) is 14.2. The molecule has 0 aliphatic carbocycles. The van der Waals surface area contributed by atoms with E-state index in [4.69, 9.17) is 21.1 Å². The molecule has 0 radical (unpaired) electrons. The minimum Gasteiger partial charge on any atom is -0.434 e. The Morgan fingerprint density at radius 1 is 1.12 bits per heavy atom. The van der Waals surface area contributed by atoms with Crippen LogP contribution in [0, 0.1) is 5.92 Å². The molecule has 0 unspecified atom stereocenters. The van der Waals surface area contributed by atoms with Gasteiger partial charge >= 0.3 is 12.1 Å². The van der Waals surface area contributed by atoms with Gasteiger partial charge in [-0.3, -0.25) is 9.69 Å². The summed E-state index contributed by atoms with van der Waals surface area (Å²) in [5.41, 5.74) is 1.99. The number of nitrogens with zero attached hydrogens (tertiary/aromatic N) is 2. The molecule has 2 aromatic carbocycles. The average Bonchev–Trinajstić information content (AvgIpc) is 3.02. The fourth-order valence-electron chi connectivity index (χ4n) is 3.28. The molecule has 1 amide bonds. The van der Waals surface area contributed by atoms with Gasteiger partial charge in [0.05, 0.1) is 29.5 Å². The lowest BCUT2D eigenvalue weighted by atomic mass is 10.1. The van der Waals surface area contributed by atoms with E-state index in [-0.39, 0.29) is 24.1 Å². The van der Waals surface area contributed by atoms with Crippen LogP contribution in [-0.4, -0.2) is 29.6 Å². The van der Waals surface area contributed by atoms with Crippen LogP contribution in [0.15, 0.2) is 60.7 Å². The first-order valence-electron chi connectivity index (χ1n) is 9.94. The van der Waals surface area contributed by atoms with Crippen molar-refractivity contribution in [3.05, 3.63) is 77.0 Å². The van der Waals surface area contributed by atoms with Crippen LogP contribution < -0.4 is 4.90 Å². The molecule has 1 aliphatic heterocycles. The second-order valence-electron chi connectivity index (χ2n) is 7.60. The molecule has 0 bridgehead atoms. The molecule has 8 heteroatoms. The Balaban J connectivity index is 1.75. The molecular weight excluding hydrogens is 432 g/mol. The number of rotatable bonds is 4. The number of para-hydroxylation sites is 1. The standard InChI is InChI=1S/C24H19ClN2O5/c1-14(2)13-31-24(30)32-21(28)12-20-22-18(11-15-5-3-4-6-19(15)26-22)23(29)27(20)17-9-7-16(25)8-10-17/h3-12,14H,13H2,1-2H3/b20-12+. The van der Waals surface area contributed by atoms with E-state index in [1.54, 1.807) is 30.3 Å². The number of ether oxygens (including phenoxy) is 2. The Labute approximate surface area is 189 Å². The van der Waals surface area contributed by atoms with Gasteiger partial charge < -0.3 is 9.47 Å². The van der Waals surface area contributed by atoms with Crippen LogP contribution in [-0.2, 0) is 14.3 Å². The number of aromatic nitrogens is 1. The van der Waals surface area contributed by atoms with E-state index in [2.05, 4.69) is 4.98 Å². The number of carbonyl (C=O) groups excluding carboxylic acids is 3. The van der Waals surface area contributed by atoms with Crippen LogP contribution in [0.1, 0.15) is 29.9 Å². The summed E-state index contributed by atoms with van der Waals surface area (Å²) in [5, 5.41) is 1.29. The van der Waals surface area contributed by atoms with Gasteiger partial charge in [0.15, 0.2) is 0 Å². The van der Waals surface area contributed by atoms with Crippen LogP contribution in [0.3, 0.4) is 0 Å². The number of amides is 1. The van der Waals surface area contributed by atoms with Crippen molar-refractivity contribution in [1.82, 2.24) is 4.98 Å². The first-order valence-corrected chi connectivity index (χ1v) is 10.3. The lowest BCUT2D eigenvalue weighted by molar-refractivity contribution is -0.134. The highest BCUT2D eigenvalue weighted by molar-refractivity contribution is 6.31. The van der Waals surface area contributed by atoms with E-state index in [1.807, 2.05) is 38.1 Å². The van der Waals surface area contributed by atoms with Gasteiger partial charge in [0.25, 0.3) is 5.91 Å². The molecule has 32 heavy (non-hydrogen) atoms. The molecule has 4 rings (SSSR count). The Morgan fingerprint density at radius 3 is 2.56 bits per heavy atom. The van der Waals surface area contributed by atoms with E-state index in [0.29, 0.717) is 27.5 Å². The number of hydrogen-bond donors (Lipinski definition) is 0. The molecule has 0 atom stereocenters. The summed E-state index contributed by atoms with van der Waals surface area (Å²) < 4.78 is 9.63. The summed E-state index contributed by atoms with van der Waals surface area (Å²) in [6.45, 7) is 3.84. The van der Waals surface area contributed by atoms with E-state index in [9.17, 15) is 14.4 Å². The minimum absolute atomic E-state index is 0.0909. The minimum atomic E-state index is -1.10. The number of benzene rings is 2. The molecule has 1 aliphatic rings. The van der Waals surface area contributed by atoms with Gasteiger partial charge in [-0.2, -0.15) is 0 Å². The third-order valence-electron chi connectivity index (χ3n) is 4.70. The smallest absolute Gasteiger partial charge is 0.434 e. The molecule has 0 saturated heterocycles. The lowest BCUT2D eigenvalue weighted by Crippen LogP contribution is -2.23. The van der Waals surface area contributed by atoms with E-state index in [1.165, 1.54) is 4.90 Å². The maximum absolute atomic E-state index is 13.3. The van der Waals surface area contributed by atoms with Gasteiger partial charge in [-0.15, -0.1) is 0 Å². The molecule has 0 saturated carbocycles. The van der Waals surface area contributed by atoms with Crippen LogP contribution in [0.25, 0.3) is 16.6 Å². The third kappa shape index (κ3) is 4.33. The zero-order valence-electron chi connectivity index (χ0n) is 17.4. The highest BCUT2D eigenvalue weighted by atomic mass is 35.5. The molecule has 0 N–H and O–H groups in total. The van der Waals surface area contributed by atoms with Crippen molar-refractivity contribution in [2.45, 2.75) is 13.8 Å². The zero-order chi connectivity index (χ0) is 22.8. The molecule has 1 aromatic heterocycles. The second-order valence-corrected chi connectivity index (χ2v) is 8.04.